The number of furan rings is 1. The van der Waals surface area contributed by atoms with Crippen LogP contribution in [-0.2, 0) is 9.59 Å². The summed E-state index contributed by atoms with van der Waals surface area (Å²) in [6.45, 7) is 0.990. The first kappa shape index (κ1) is 31.2. The Morgan fingerprint density at radius 2 is 1.56 bits per heavy atom. The molecule has 3 aromatic rings. The number of likely N-dealkylation sites (N-methyl/N-ethyl adjacent to an activating group) is 1. The lowest BCUT2D eigenvalue weighted by Gasteiger charge is -2.18. The van der Waals surface area contributed by atoms with Gasteiger partial charge in [-0.1, -0.05) is 35.3 Å². The number of carboxylic acids is 2. The summed E-state index contributed by atoms with van der Waals surface area (Å²) in [4.78, 5) is 34.4. The summed E-state index contributed by atoms with van der Waals surface area (Å²) in [5, 5.41) is 17.1. The van der Waals surface area contributed by atoms with Crippen LogP contribution in [0.3, 0.4) is 0 Å². The van der Waals surface area contributed by atoms with Crippen LogP contribution in [0.1, 0.15) is 15.9 Å². The van der Waals surface area contributed by atoms with Crippen LogP contribution < -0.4 is 14.2 Å². The first-order chi connectivity index (χ1) is 18.5. The normalized spacial score (nSPS) is 11.1. The Morgan fingerprint density at radius 1 is 0.923 bits per heavy atom. The maximum absolute atomic E-state index is 13.3. The van der Waals surface area contributed by atoms with Crippen molar-refractivity contribution in [3.63, 3.8) is 0 Å². The number of carbonyl (C=O) groups excluding carboxylic acids is 1. The Kier molecular flexibility index (Phi) is 11.9. The van der Waals surface area contributed by atoms with Crippen molar-refractivity contribution in [1.29, 1.82) is 0 Å². The number of rotatable bonds is 11. The number of hydrogen-bond acceptors (Lipinski definition) is 8. The van der Waals surface area contributed by atoms with Crippen LogP contribution in [0.15, 0.2) is 53.2 Å². The molecular formula is C27H27Cl2NO9. The maximum Gasteiger partial charge on any atom is 0.328 e. The second-order valence-corrected chi connectivity index (χ2v) is 8.78. The van der Waals surface area contributed by atoms with E-state index in [1.54, 1.807) is 30.3 Å². The van der Waals surface area contributed by atoms with E-state index < -0.39 is 11.9 Å². The Hall–Kier alpha value is -3.99. The number of fused-ring (bicyclic) bond motifs is 1. The third kappa shape index (κ3) is 8.78. The van der Waals surface area contributed by atoms with Crippen LogP contribution in [0.4, 0.5) is 0 Å². The smallest absolute Gasteiger partial charge is 0.328 e. The Balaban J connectivity index is 0.000000580. The van der Waals surface area contributed by atoms with Gasteiger partial charge in [-0.3, -0.25) is 4.79 Å². The first-order valence-electron chi connectivity index (χ1n) is 11.2. The van der Waals surface area contributed by atoms with Crippen LogP contribution in [-0.4, -0.2) is 74.3 Å². The number of benzene rings is 2. The van der Waals surface area contributed by atoms with Gasteiger partial charge in [0.1, 0.15) is 17.9 Å². The van der Waals surface area contributed by atoms with Gasteiger partial charge >= 0.3 is 11.9 Å². The molecule has 0 atom stereocenters. The van der Waals surface area contributed by atoms with E-state index in [1.807, 2.05) is 19.0 Å². The van der Waals surface area contributed by atoms with Crippen LogP contribution in [0.2, 0.25) is 10.0 Å². The zero-order valence-electron chi connectivity index (χ0n) is 21.6. The van der Waals surface area contributed by atoms with Gasteiger partial charge in [0.15, 0.2) is 17.1 Å². The predicted molar refractivity (Wildman–Crippen MR) is 148 cm³/mol. The van der Waals surface area contributed by atoms with Crippen molar-refractivity contribution in [1.82, 2.24) is 4.90 Å². The van der Waals surface area contributed by atoms with E-state index in [9.17, 15) is 14.4 Å². The minimum atomic E-state index is -1.26. The molecule has 0 saturated heterocycles. The molecule has 2 N–H and O–H groups in total. The van der Waals surface area contributed by atoms with E-state index in [1.165, 1.54) is 26.6 Å². The molecule has 208 valence electrons. The van der Waals surface area contributed by atoms with Gasteiger partial charge in [0.2, 0.25) is 5.75 Å². The number of methoxy groups -OCH3 is 2. The molecule has 0 amide bonds. The second kappa shape index (κ2) is 14.8. The van der Waals surface area contributed by atoms with Crippen LogP contribution >= 0.6 is 23.2 Å². The molecule has 1 aromatic heterocycles. The van der Waals surface area contributed by atoms with Crippen molar-refractivity contribution in [3.05, 3.63) is 69.9 Å². The Morgan fingerprint density at radius 3 is 2.10 bits per heavy atom. The summed E-state index contributed by atoms with van der Waals surface area (Å²) in [5.74, 6) is -1.87. The monoisotopic (exact) mass is 579 g/mol. The standard InChI is InChI=1S/C23H23Cl2NO5.C4H4O4/c1-26(2)10-12-31-22-19(18(27)8-6-14-5-7-16(24)17(25)13-14)20(28-3)15-9-11-30-21(15)23(22)29-4;5-3(6)1-2-4(7)8/h5-9,11,13H,10,12H2,1-4H3;1-2H,(H,5,6)(H,7,8)/b;2-1-. The molecule has 1 heterocycles. The van der Waals surface area contributed by atoms with Crippen LogP contribution in [0, 0.1) is 0 Å². The molecule has 0 aliphatic rings. The van der Waals surface area contributed by atoms with Crippen molar-refractivity contribution in [2.75, 3.05) is 41.5 Å². The molecule has 0 fully saturated rings. The SMILES string of the molecule is COc1c(C(=O)C=Cc2ccc(Cl)c(Cl)c2)c(OCCN(C)C)c(OC)c2occc12.O=C(O)/C=C\C(=O)O. The fourth-order valence-corrected chi connectivity index (χ4v) is 3.53. The zero-order chi connectivity index (χ0) is 29.1. The first-order valence-corrected chi connectivity index (χ1v) is 12.0. The van der Waals surface area contributed by atoms with E-state index in [0.29, 0.717) is 57.8 Å². The van der Waals surface area contributed by atoms with Crippen LogP contribution in [0.25, 0.3) is 17.0 Å². The summed E-state index contributed by atoms with van der Waals surface area (Å²) < 4.78 is 22.7. The average molecular weight is 580 g/mol. The van der Waals surface area contributed by atoms with Gasteiger partial charge < -0.3 is 33.7 Å². The zero-order valence-corrected chi connectivity index (χ0v) is 23.1. The fraction of sp³-hybridized carbons (Fsp3) is 0.222. The van der Waals surface area contributed by atoms with E-state index in [0.717, 1.165) is 5.56 Å². The third-order valence-corrected chi connectivity index (χ3v) is 5.69. The molecule has 0 unspecified atom stereocenters. The van der Waals surface area contributed by atoms with Gasteiger partial charge in [0.25, 0.3) is 0 Å². The molecule has 0 aliphatic carbocycles. The number of allylic oxidation sites excluding steroid dienone is 1. The summed E-state index contributed by atoms with van der Waals surface area (Å²) in [6, 6.07) is 6.84. The highest BCUT2D eigenvalue weighted by Crippen LogP contribution is 2.46. The predicted octanol–water partition coefficient (Wildman–Crippen LogP) is 5.31. The van der Waals surface area contributed by atoms with Gasteiger partial charge in [-0.2, -0.15) is 0 Å². The molecule has 0 saturated carbocycles. The molecule has 0 bridgehead atoms. The van der Waals surface area contributed by atoms with Gasteiger partial charge in [0.05, 0.1) is 35.9 Å². The van der Waals surface area contributed by atoms with Gasteiger partial charge in [-0.15, -0.1) is 0 Å². The van der Waals surface area contributed by atoms with E-state index in [4.69, 9.17) is 52.0 Å². The lowest BCUT2D eigenvalue weighted by atomic mass is 10.0. The highest BCUT2D eigenvalue weighted by Gasteiger charge is 2.28. The second-order valence-electron chi connectivity index (χ2n) is 7.97. The minimum absolute atomic E-state index is 0.253. The van der Waals surface area contributed by atoms with E-state index in [-0.39, 0.29) is 17.1 Å². The minimum Gasteiger partial charge on any atom is -0.495 e. The number of nitrogens with zero attached hydrogens (tertiary/aromatic N) is 1. The number of ketones is 1. The van der Waals surface area contributed by atoms with Crippen molar-refractivity contribution in [3.8, 4) is 17.2 Å². The summed E-state index contributed by atoms with van der Waals surface area (Å²) in [6.07, 6.45) is 5.71. The van der Waals surface area contributed by atoms with Crippen molar-refractivity contribution in [2.45, 2.75) is 0 Å². The lowest BCUT2D eigenvalue weighted by Crippen LogP contribution is -2.20. The molecule has 10 nitrogen and oxygen atoms in total. The number of halogens is 2. The van der Waals surface area contributed by atoms with Crippen molar-refractivity contribution in [2.24, 2.45) is 0 Å². The molecular weight excluding hydrogens is 553 g/mol. The molecule has 3 rings (SSSR count). The van der Waals surface area contributed by atoms with E-state index in [2.05, 4.69) is 0 Å². The number of aliphatic carboxylic acids is 2. The topological polar surface area (TPSA) is 136 Å². The fourth-order valence-electron chi connectivity index (χ4n) is 3.22. The third-order valence-electron chi connectivity index (χ3n) is 4.96. The molecule has 0 aliphatic heterocycles. The van der Waals surface area contributed by atoms with Gasteiger partial charge in [-0.25, -0.2) is 9.59 Å². The van der Waals surface area contributed by atoms with Crippen LogP contribution in [0.5, 0.6) is 17.2 Å². The molecule has 39 heavy (non-hydrogen) atoms. The number of hydrogen-bond donors (Lipinski definition) is 2. The average Bonchev–Trinajstić information content (AvgIpc) is 3.36. The lowest BCUT2D eigenvalue weighted by molar-refractivity contribution is -0.134. The van der Waals surface area contributed by atoms with Crippen molar-refractivity contribution >= 4 is 58.0 Å². The number of carboxylic acid groups (broad SMARTS) is 2. The van der Waals surface area contributed by atoms with Gasteiger partial charge in [0, 0.05) is 18.7 Å². The highest BCUT2D eigenvalue weighted by molar-refractivity contribution is 6.42. The molecule has 0 spiro atoms. The quantitative estimate of drug-likeness (QED) is 0.227. The Bertz CT molecular complexity index is 1380. The Labute approximate surface area is 234 Å². The van der Waals surface area contributed by atoms with E-state index >= 15 is 0 Å². The highest BCUT2D eigenvalue weighted by atomic mass is 35.5. The summed E-state index contributed by atoms with van der Waals surface area (Å²) >= 11 is 12.0. The van der Waals surface area contributed by atoms with Crippen molar-refractivity contribution < 1.29 is 43.2 Å². The maximum atomic E-state index is 13.3. The molecule has 2 aromatic carbocycles. The van der Waals surface area contributed by atoms with Gasteiger partial charge in [-0.05, 0) is 43.9 Å². The summed E-state index contributed by atoms with van der Waals surface area (Å²) in [7, 11) is 6.87. The molecule has 12 heteroatoms. The number of ether oxygens (including phenoxy) is 3. The molecule has 0 radical (unpaired) electrons. The largest absolute Gasteiger partial charge is 0.495 e. The number of carbonyl (C=O) groups is 3. The summed E-state index contributed by atoms with van der Waals surface area (Å²) in [5.41, 5.74) is 1.43.